The van der Waals surface area contributed by atoms with Gasteiger partial charge in [0.2, 0.25) is 0 Å². The third-order valence-electron chi connectivity index (χ3n) is 22.8. The van der Waals surface area contributed by atoms with Crippen LogP contribution in [-0.4, -0.2) is 0 Å². The van der Waals surface area contributed by atoms with E-state index in [0.29, 0.717) is 86.3 Å². The molecule has 0 fully saturated rings. The van der Waals surface area contributed by atoms with Crippen LogP contribution in [0.25, 0.3) is 0 Å². The molecule has 0 saturated heterocycles. The predicted octanol–water partition coefficient (Wildman–Crippen LogP) is 48.1. The number of hydrogen-bond acceptors (Lipinski definition) is 0. The van der Waals surface area contributed by atoms with Gasteiger partial charge in [-0.3, -0.25) is 0 Å². The molecule has 17 heteroatoms. The van der Waals surface area contributed by atoms with Gasteiger partial charge in [0.05, 0.1) is 21.2 Å². The minimum Gasteiger partial charge on any atom is -0.207 e. The van der Waals surface area contributed by atoms with E-state index in [1.54, 1.807) is 57.2 Å². The largest absolute Gasteiger partial charge is 0.416 e. The number of aryl methyl sites for hydroxylation is 3. The van der Waals surface area contributed by atoms with E-state index in [0.717, 1.165) is 32.8 Å². The first-order valence-electron chi connectivity index (χ1n) is 50.8. The van der Waals surface area contributed by atoms with Gasteiger partial charge < -0.3 is 0 Å². The molecule has 0 aliphatic carbocycles. The Morgan fingerprint density at radius 3 is 0.926 bits per heavy atom. The maximum Gasteiger partial charge on any atom is 0.416 e. The second-order valence-corrected chi connectivity index (χ2v) is 47.4. The Kier molecular flexibility index (Phi) is 69.2. The molecule has 0 spiro atoms. The van der Waals surface area contributed by atoms with Crippen LogP contribution in [0.4, 0.5) is 39.5 Å². The summed E-state index contributed by atoms with van der Waals surface area (Å²) in [4.78, 5) is 0. The van der Waals surface area contributed by atoms with Crippen LogP contribution in [0.15, 0.2) is 341 Å². The zero-order valence-corrected chi connectivity index (χ0v) is 105. The minimum absolute atomic E-state index is 0.0992. The fourth-order valence-corrected chi connectivity index (χ4v) is 17.4. The molecule has 0 bridgehead atoms. The van der Waals surface area contributed by atoms with E-state index < -0.39 is 23.5 Å². The number of rotatable bonds is 14. The van der Waals surface area contributed by atoms with E-state index in [1.807, 2.05) is 82.3 Å². The Bertz CT molecular complexity index is 5450. The van der Waals surface area contributed by atoms with Crippen molar-refractivity contribution in [1.82, 2.24) is 0 Å². The second kappa shape index (κ2) is 73.9. The SMILES string of the molecule is CC(C)c1ccc(Br)cc1.CC(C)c1ccc(F)cc1.CC(C)c1ccc(I)cc1.CC(C)c1cccc(Br)c1.CC(C)c1cccc(Cl)c1Cl.CC(C)c1cccc(F)c1.CC(C)c1cccc(I)c1.CC(C)c1ccccc1Br.CC(C)c1ccccc1C(F)(F)F.CC(C)c1ccccc1F.CC(C)c1ccccc1I.Cc1cc(C(C)C)cc(C(F)(F)F)c1.Cc1ccc(C(C)C)cc1.Cc1cccc(C(C)C)c1. The molecule has 804 valence electrons. The van der Waals surface area contributed by atoms with Crippen LogP contribution < -0.4 is 0 Å². The summed E-state index contributed by atoms with van der Waals surface area (Å²) in [6.45, 7) is 65.0. The summed E-state index contributed by atoms with van der Waals surface area (Å²) >= 11 is 29.1. The summed E-state index contributed by atoms with van der Waals surface area (Å²) in [5, 5.41) is 1.32. The van der Waals surface area contributed by atoms with Crippen LogP contribution in [0.2, 0.25) is 10.0 Å². The molecule has 148 heavy (non-hydrogen) atoms. The topological polar surface area (TPSA) is 0 Å². The van der Waals surface area contributed by atoms with E-state index >= 15 is 0 Å². The number of benzene rings is 14. The summed E-state index contributed by atoms with van der Waals surface area (Å²) in [5.41, 5.74) is 18.8. The van der Waals surface area contributed by atoms with Crippen molar-refractivity contribution in [3.8, 4) is 0 Å². The fourth-order valence-electron chi connectivity index (χ4n) is 13.5. The lowest BCUT2D eigenvalue weighted by Gasteiger charge is -2.14. The fraction of sp³-hybridized carbons (Fsp3) is 0.359. The van der Waals surface area contributed by atoms with Crippen molar-refractivity contribution in [3.05, 3.63) is 485 Å². The molecule has 14 aromatic rings. The average Bonchev–Trinajstić information content (AvgIpc) is 0.824. The van der Waals surface area contributed by atoms with Crippen LogP contribution in [0.1, 0.15) is 382 Å². The van der Waals surface area contributed by atoms with Crippen molar-refractivity contribution in [2.75, 3.05) is 0 Å². The first-order valence-corrected chi connectivity index (χ1v) is 57.1. The van der Waals surface area contributed by atoms with Gasteiger partial charge in [-0.2, -0.15) is 26.3 Å². The number of alkyl halides is 6. The Labute approximate surface area is 963 Å². The third-order valence-corrected chi connectivity index (χ3v) is 27.7. The van der Waals surface area contributed by atoms with Crippen molar-refractivity contribution >= 4 is 139 Å². The molecule has 0 nitrogen and oxygen atoms in total. The molecular weight excluding hydrogens is 2440 g/mol. The highest BCUT2D eigenvalue weighted by Crippen LogP contribution is 2.37. The van der Waals surface area contributed by atoms with Crippen molar-refractivity contribution < 1.29 is 39.5 Å². The lowest BCUT2D eigenvalue weighted by molar-refractivity contribution is -0.138. The maximum atomic E-state index is 12.8. The normalized spacial score (nSPS) is 10.7. The van der Waals surface area contributed by atoms with Gasteiger partial charge in [0.25, 0.3) is 0 Å². The highest BCUT2D eigenvalue weighted by molar-refractivity contribution is 14.1. The zero-order chi connectivity index (χ0) is 113. The zero-order valence-electron chi connectivity index (χ0n) is 92.7. The van der Waals surface area contributed by atoms with Gasteiger partial charge in [-0.1, -0.05) is 494 Å². The molecule has 0 radical (unpaired) electrons. The van der Waals surface area contributed by atoms with E-state index in [9.17, 15) is 39.5 Å². The van der Waals surface area contributed by atoms with Gasteiger partial charge in [0.1, 0.15) is 17.5 Å². The molecule has 0 aromatic heterocycles. The van der Waals surface area contributed by atoms with Crippen molar-refractivity contribution in [3.63, 3.8) is 0 Å². The van der Waals surface area contributed by atoms with Gasteiger partial charge in [-0.05, 0) is 365 Å². The molecule has 0 amide bonds. The van der Waals surface area contributed by atoms with Gasteiger partial charge in [0, 0.05) is 24.1 Å². The average molecular weight is 2600 g/mol. The minimum atomic E-state index is -4.24. The smallest absolute Gasteiger partial charge is 0.207 e. The van der Waals surface area contributed by atoms with Crippen molar-refractivity contribution in [2.45, 2.75) is 310 Å². The first-order chi connectivity index (χ1) is 69.1. The van der Waals surface area contributed by atoms with Crippen molar-refractivity contribution in [1.29, 1.82) is 0 Å². The van der Waals surface area contributed by atoms with E-state index in [4.69, 9.17) is 23.2 Å². The van der Waals surface area contributed by atoms with Crippen molar-refractivity contribution in [2.24, 2.45) is 0 Å². The lowest BCUT2D eigenvalue weighted by atomic mass is 9.97. The molecule has 0 atom stereocenters. The number of halogens is 17. The monoisotopic (exact) mass is 2590 g/mol. The van der Waals surface area contributed by atoms with Crippen LogP contribution in [0, 0.1) is 48.9 Å². The molecule has 0 saturated carbocycles. The van der Waals surface area contributed by atoms with Crippen LogP contribution in [0.3, 0.4) is 0 Å². The summed E-state index contributed by atoms with van der Waals surface area (Å²) in [6, 6.07) is 104. The van der Waals surface area contributed by atoms with Gasteiger partial charge >= 0.3 is 12.4 Å². The maximum absolute atomic E-state index is 12.8. The molecule has 0 aliphatic heterocycles. The summed E-state index contributed by atoms with van der Waals surface area (Å²) in [5.74, 6) is 6.34. The summed E-state index contributed by atoms with van der Waals surface area (Å²) in [6.07, 6.45) is -8.48. The predicted molar refractivity (Wildman–Crippen MR) is 663 cm³/mol. The molecule has 0 N–H and O–H groups in total. The quantitative estimate of drug-likeness (QED) is 0.0752. The Hall–Kier alpha value is -7.34. The van der Waals surface area contributed by atoms with Gasteiger partial charge in [-0.25, -0.2) is 13.2 Å². The standard InChI is InChI=1S/C11H13F3.C10H11F3.2C10H14.3C9H11Br.C9H10Cl2.3C9H11F.3C9H11I/c1-7(2)9-4-8(3)5-10(6-9)11(12,13)14;1-7(2)8-5-3-4-6-9(8)10(11,12)13;1-8(2)10-6-4-9(3)5-7-10;1-8(2)10-6-4-5-9(3)7-10;1-7(2)8-3-5-9(10)6-4-8;1-7(2)8-4-3-5-9(10)6-8;1-7(2)8-5-3-4-6-9(8)10;1-6(2)7-4-3-5-8(10)9(7)11;1-7(2)8-3-5-9(10)6-4-8;1-7(2)8-4-3-5-9(10)6-8;1-7(2)8-5-3-4-6-9(8)10;1-7(2)8-3-5-9(10)6-4-8;1-7(2)8-4-3-5-9(10)6-8;1-7(2)8-5-3-4-6-9(8)10/h4-7H,1-3H3;3-7H,1-2H3;2*4-8H,1-3H3;3*3-7H,1-2H3;3-6H,1-2H3;6*3-7H,1-2H3. The van der Waals surface area contributed by atoms with E-state index in [-0.39, 0.29) is 35.2 Å². The van der Waals surface area contributed by atoms with Gasteiger partial charge in [0.15, 0.2) is 0 Å². The molecule has 14 aromatic carbocycles. The number of hydrogen-bond donors (Lipinski definition) is 0. The Morgan fingerprint density at radius 1 is 0.230 bits per heavy atom. The summed E-state index contributed by atoms with van der Waals surface area (Å²) in [7, 11) is 0. The van der Waals surface area contributed by atoms with Crippen LogP contribution in [0.5, 0.6) is 0 Å². The Morgan fingerprint density at radius 2 is 0.581 bits per heavy atom. The Balaban J connectivity index is 0.000000798. The first kappa shape index (κ1) is 139. The second-order valence-electron chi connectivity index (χ2n) is 40.2. The lowest BCUT2D eigenvalue weighted by Crippen LogP contribution is -2.09. The third kappa shape index (κ3) is 59.2. The van der Waals surface area contributed by atoms with Crippen LogP contribution in [-0.2, 0) is 12.4 Å². The molecule has 14 rings (SSSR count). The molecular formula is C131H161Br3Cl2F9I3. The highest BCUT2D eigenvalue weighted by atomic mass is 127. The van der Waals surface area contributed by atoms with Crippen LogP contribution >= 0.6 is 139 Å². The molecule has 0 aliphatic rings. The highest BCUT2D eigenvalue weighted by Gasteiger charge is 2.34. The molecule has 0 heterocycles. The van der Waals surface area contributed by atoms with Gasteiger partial charge in [-0.15, -0.1) is 0 Å². The van der Waals surface area contributed by atoms with E-state index in [1.165, 1.54) is 129 Å². The summed E-state index contributed by atoms with van der Waals surface area (Å²) < 4.78 is 120. The van der Waals surface area contributed by atoms with E-state index in [2.05, 4.69) is 464 Å². The molecule has 0 unspecified atom stereocenters.